The zero-order valence-electron chi connectivity index (χ0n) is 11.5. The maximum absolute atomic E-state index is 11.8. The molecule has 0 radical (unpaired) electrons. The zero-order chi connectivity index (χ0) is 13.3. The number of phosphoric ester groups is 1. The fourth-order valence-corrected chi connectivity index (χ4v) is 3.02. The van der Waals surface area contributed by atoms with E-state index in [1.54, 1.807) is 0 Å². The lowest BCUT2D eigenvalue weighted by Crippen LogP contribution is -2.15. The summed E-state index contributed by atoms with van der Waals surface area (Å²) in [5.74, 6) is 0. The van der Waals surface area contributed by atoms with Gasteiger partial charge in [-0.05, 0) is 25.7 Å². The van der Waals surface area contributed by atoms with Gasteiger partial charge in [-0.25, -0.2) is 4.57 Å². The summed E-state index contributed by atoms with van der Waals surface area (Å²) in [5, 5.41) is 0. The minimum atomic E-state index is -3.90. The van der Waals surface area contributed by atoms with E-state index in [9.17, 15) is 9.46 Å². The third-order valence-corrected chi connectivity index (χ3v) is 3.83. The van der Waals surface area contributed by atoms with E-state index in [1.165, 1.54) is 0 Å². The average Bonchev–Trinajstić information content (AvgIpc) is 2.27. The van der Waals surface area contributed by atoms with Gasteiger partial charge in [-0.3, -0.25) is 9.05 Å². The molecule has 0 bridgehead atoms. The molecule has 104 valence electrons. The molecule has 0 saturated carbocycles. The van der Waals surface area contributed by atoms with E-state index in [0.29, 0.717) is 0 Å². The highest BCUT2D eigenvalue weighted by Crippen LogP contribution is 2.47. The summed E-state index contributed by atoms with van der Waals surface area (Å²) < 4.78 is 22.2. The minimum absolute atomic E-state index is 0.185. The largest absolute Gasteiger partial charge is 0.472 e. The summed E-state index contributed by atoms with van der Waals surface area (Å²) in [6.07, 6.45) is 4.53. The molecule has 0 rings (SSSR count). The topological polar surface area (TPSA) is 55.8 Å². The number of phosphoric acid groups is 1. The van der Waals surface area contributed by atoms with Crippen LogP contribution in [0.4, 0.5) is 0 Å². The van der Waals surface area contributed by atoms with Gasteiger partial charge in [0.05, 0.1) is 12.2 Å². The molecule has 0 saturated heterocycles. The SMILES string of the molecule is CCCC(CC)OP(=O)(O)OC(CC)CCC. The van der Waals surface area contributed by atoms with E-state index >= 15 is 0 Å². The second kappa shape index (κ2) is 9.09. The quantitative estimate of drug-likeness (QED) is 0.600. The Morgan fingerprint density at radius 2 is 1.29 bits per heavy atom. The summed E-state index contributed by atoms with van der Waals surface area (Å²) in [5.41, 5.74) is 0. The van der Waals surface area contributed by atoms with Crippen molar-refractivity contribution < 1.29 is 18.5 Å². The molecular weight excluding hydrogens is 239 g/mol. The van der Waals surface area contributed by atoms with Gasteiger partial charge in [-0.15, -0.1) is 0 Å². The lowest BCUT2D eigenvalue weighted by molar-refractivity contribution is 0.0642. The molecule has 2 unspecified atom stereocenters. The molecule has 4 nitrogen and oxygen atoms in total. The standard InChI is InChI=1S/C12H27O4P/c1-5-9-11(7-3)15-17(13,14)16-12(8-4)10-6-2/h11-12H,5-10H2,1-4H3,(H,13,14). The average molecular weight is 266 g/mol. The van der Waals surface area contributed by atoms with Gasteiger partial charge >= 0.3 is 7.82 Å². The van der Waals surface area contributed by atoms with Crippen molar-refractivity contribution in [2.75, 3.05) is 0 Å². The normalized spacial score (nSPS) is 18.6. The second-order valence-electron chi connectivity index (χ2n) is 4.32. The Hall–Kier alpha value is 0.110. The van der Waals surface area contributed by atoms with Crippen molar-refractivity contribution in [1.29, 1.82) is 0 Å². The van der Waals surface area contributed by atoms with Gasteiger partial charge in [-0.1, -0.05) is 40.5 Å². The van der Waals surface area contributed by atoms with Gasteiger partial charge < -0.3 is 4.89 Å². The molecule has 0 fully saturated rings. The van der Waals surface area contributed by atoms with Gasteiger partial charge in [0.15, 0.2) is 0 Å². The highest BCUT2D eigenvalue weighted by molar-refractivity contribution is 7.47. The number of hydrogen-bond donors (Lipinski definition) is 1. The summed E-state index contributed by atoms with van der Waals surface area (Å²) in [6.45, 7) is 7.95. The minimum Gasteiger partial charge on any atom is -0.302 e. The Balaban J connectivity index is 4.29. The van der Waals surface area contributed by atoms with Gasteiger partial charge in [0.25, 0.3) is 0 Å². The van der Waals surface area contributed by atoms with Crippen LogP contribution >= 0.6 is 7.82 Å². The summed E-state index contributed by atoms with van der Waals surface area (Å²) in [4.78, 5) is 9.68. The highest BCUT2D eigenvalue weighted by atomic mass is 31.2. The van der Waals surface area contributed by atoms with Crippen molar-refractivity contribution in [1.82, 2.24) is 0 Å². The van der Waals surface area contributed by atoms with Crippen molar-refractivity contribution in [3.8, 4) is 0 Å². The third kappa shape index (κ3) is 7.93. The zero-order valence-corrected chi connectivity index (χ0v) is 12.4. The van der Waals surface area contributed by atoms with Crippen molar-refractivity contribution >= 4 is 7.82 Å². The Morgan fingerprint density at radius 1 is 0.941 bits per heavy atom. The fourth-order valence-electron chi connectivity index (χ4n) is 1.71. The van der Waals surface area contributed by atoms with E-state index in [-0.39, 0.29) is 12.2 Å². The molecule has 0 amide bonds. The van der Waals surface area contributed by atoms with Crippen LogP contribution in [0.2, 0.25) is 0 Å². The maximum Gasteiger partial charge on any atom is 0.472 e. The lowest BCUT2D eigenvalue weighted by atomic mass is 10.2. The van der Waals surface area contributed by atoms with Crippen molar-refractivity contribution in [2.24, 2.45) is 0 Å². The van der Waals surface area contributed by atoms with Crippen molar-refractivity contribution in [3.05, 3.63) is 0 Å². The fraction of sp³-hybridized carbons (Fsp3) is 1.00. The molecule has 0 aromatic rings. The number of hydrogen-bond acceptors (Lipinski definition) is 3. The Bertz CT molecular complexity index is 213. The Morgan fingerprint density at radius 3 is 1.53 bits per heavy atom. The highest BCUT2D eigenvalue weighted by Gasteiger charge is 2.28. The monoisotopic (exact) mass is 266 g/mol. The van der Waals surface area contributed by atoms with Crippen LogP contribution in [0.15, 0.2) is 0 Å². The molecule has 0 aliphatic carbocycles. The van der Waals surface area contributed by atoms with Crippen LogP contribution in [0.5, 0.6) is 0 Å². The Kier molecular flexibility index (Phi) is 9.15. The summed E-state index contributed by atoms with van der Waals surface area (Å²) in [6, 6.07) is 0. The molecule has 0 aromatic heterocycles. The van der Waals surface area contributed by atoms with E-state index in [1.807, 2.05) is 27.7 Å². The van der Waals surface area contributed by atoms with Crippen molar-refractivity contribution in [2.45, 2.75) is 78.4 Å². The molecule has 0 aliphatic heterocycles. The first-order valence-corrected chi connectivity index (χ1v) is 8.18. The van der Waals surface area contributed by atoms with E-state index in [4.69, 9.17) is 9.05 Å². The van der Waals surface area contributed by atoms with E-state index in [2.05, 4.69) is 0 Å². The predicted octanol–water partition coefficient (Wildman–Crippen LogP) is 4.28. The Labute approximate surface area is 105 Å². The van der Waals surface area contributed by atoms with E-state index < -0.39 is 7.82 Å². The molecule has 0 heterocycles. The maximum atomic E-state index is 11.8. The molecule has 0 aliphatic rings. The van der Waals surface area contributed by atoms with Crippen LogP contribution < -0.4 is 0 Å². The molecule has 17 heavy (non-hydrogen) atoms. The number of rotatable bonds is 10. The molecule has 2 atom stereocenters. The smallest absolute Gasteiger partial charge is 0.302 e. The van der Waals surface area contributed by atoms with Gasteiger partial charge in [0.1, 0.15) is 0 Å². The molecule has 5 heteroatoms. The molecule has 0 aromatic carbocycles. The first-order chi connectivity index (χ1) is 7.99. The van der Waals surface area contributed by atoms with Crippen LogP contribution in [0.25, 0.3) is 0 Å². The van der Waals surface area contributed by atoms with Crippen molar-refractivity contribution in [3.63, 3.8) is 0 Å². The predicted molar refractivity (Wildman–Crippen MR) is 70.0 cm³/mol. The van der Waals surface area contributed by atoms with Gasteiger partial charge in [0.2, 0.25) is 0 Å². The van der Waals surface area contributed by atoms with Crippen LogP contribution in [-0.4, -0.2) is 17.1 Å². The molecule has 0 spiro atoms. The van der Waals surface area contributed by atoms with E-state index in [0.717, 1.165) is 38.5 Å². The van der Waals surface area contributed by atoms with Crippen LogP contribution in [0, 0.1) is 0 Å². The second-order valence-corrected chi connectivity index (χ2v) is 5.68. The van der Waals surface area contributed by atoms with Crippen LogP contribution in [-0.2, 0) is 13.6 Å². The summed E-state index contributed by atoms with van der Waals surface area (Å²) >= 11 is 0. The first-order valence-electron chi connectivity index (χ1n) is 6.68. The van der Waals surface area contributed by atoms with Crippen LogP contribution in [0.3, 0.4) is 0 Å². The molecule has 1 N–H and O–H groups in total. The molecular formula is C12H27O4P. The van der Waals surface area contributed by atoms with Crippen LogP contribution in [0.1, 0.15) is 66.2 Å². The van der Waals surface area contributed by atoms with Gasteiger partial charge in [-0.2, -0.15) is 0 Å². The first kappa shape index (κ1) is 17.1. The summed E-state index contributed by atoms with van der Waals surface area (Å²) in [7, 11) is -3.90. The lowest BCUT2D eigenvalue weighted by Gasteiger charge is -2.23. The van der Waals surface area contributed by atoms with Gasteiger partial charge in [0, 0.05) is 0 Å². The third-order valence-electron chi connectivity index (χ3n) is 2.70.